The summed E-state index contributed by atoms with van der Waals surface area (Å²) in [5, 5.41) is 6.46. The molecule has 7 heteroatoms. The lowest BCUT2D eigenvalue weighted by Crippen LogP contribution is -2.45. The zero-order valence-electron chi connectivity index (χ0n) is 19.9. The Morgan fingerprint density at radius 1 is 1.22 bits per heavy atom. The maximum Gasteiger partial charge on any atom is 0.236 e. The number of nitrogens with zero attached hydrogens (tertiary/aromatic N) is 5. The molecule has 0 bridgehead atoms. The van der Waals surface area contributed by atoms with Crippen LogP contribution in [0.25, 0.3) is 0 Å². The van der Waals surface area contributed by atoms with Gasteiger partial charge in [-0.2, -0.15) is 0 Å². The number of carbonyl (C=O) groups is 1. The molecular weight excluding hydrogens is 418 g/mol. The smallest absolute Gasteiger partial charge is 0.236 e. The van der Waals surface area contributed by atoms with Crippen LogP contribution in [0.5, 0.6) is 0 Å². The Kier molecular flexibility index (Phi) is 7.59. The SMILES string of the molecule is Cc1ccccc1[C@@H]1CN(CC(=O)N(C)CC2CCCN(C(C)C)C2)C[C@H]1c1csnn1. The van der Waals surface area contributed by atoms with Crippen molar-refractivity contribution in [2.45, 2.75) is 51.5 Å². The first-order valence-corrected chi connectivity index (χ1v) is 12.8. The second kappa shape index (κ2) is 10.4. The number of carbonyl (C=O) groups excluding carboxylic acids is 1. The normalized spacial score (nSPS) is 24.8. The molecule has 0 radical (unpaired) electrons. The fourth-order valence-corrected chi connectivity index (χ4v) is 6.00. The molecular formula is C25H37N5OS. The molecule has 0 saturated carbocycles. The predicted molar refractivity (Wildman–Crippen MR) is 130 cm³/mol. The van der Waals surface area contributed by atoms with Gasteiger partial charge >= 0.3 is 0 Å². The molecule has 1 amide bonds. The lowest BCUT2D eigenvalue weighted by Gasteiger charge is -2.37. The number of rotatable bonds is 7. The first kappa shape index (κ1) is 23.3. The Morgan fingerprint density at radius 3 is 2.72 bits per heavy atom. The third kappa shape index (κ3) is 5.38. The molecule has 2 aliphatic rings. The summed E-state index contributed by atoms with van der Waals surface area (Å²) in [4.78, 5) is 20.0. The van der Waals surface area contributed by atoms with Gasteiger partial charge in [0.15, 0.2) is 0 Å². The number of hydrogen-bond donors (Lipinski definition) is 0. The molecule has 3 heterocycles. The zero-order valence-corrected chi connectivity index (χ0v) is 20.7. The molecule has 2 aliphatic heterocycles. The molecule has 1 unspecified atom stereocenters. The molecule has 0 aliphatic carbocycles. The fraction of sp³-hybridized carbons (Fsp3) is 0.640. The first-order chi connectivity index (χ1) is 15.4. The molecule has 2 saturated heterocycles. The summed E-state index contributed by atoms with van der Waals surface area (Å²) in [6, 6.07) is 9.20. The summed E-state index contributed by atoms with van der Waals surface area (Å²) >= 11 is 1.41. The van der Waals surface area contributed by atoms with Crippen molar-refractivity contribution < 1.29 is 4.79 Å². The summed E-state index contributed by atoms with van der Waals surface area (Å²) in [6.07, 6.45) is 2.46. The quantitative estimate of drug-likeness (QED) is 0.638. The summed E-state index contributed by atoms with van der Waals surface area (Å²) in [5.74, 6) is 1.43. The number of aromatic nitrogens is 2. The Bertz CT molecular complexity index is 886. The van der Waals surface area contributed by atoms with E-state index >= 15 is 0 Å². The van der Waals surface area contributed by atoms with Crippen molar-refractivity contribution in [3.05, 3.63) is 46.5 Å². The molecule has 174 valence electrons. The highest BCUT2D eigenvalue weighted by Crippen LogP contribution is 2.40. The van der Waals surface area contributed by atoms with E-state index in [9.17, 15) is 4.79 Å². The predicted octanol–water partition coefficient (Wildman–Crippen LogP) is 3.61. The van der Waals surface area contributed by atoms with Crippen molar-refractivity contribution in [1.82, 2.24) is 24.3 Å². The van der Waals surface area contributed by atoms with Gasteiger partial charge in [-0.05, 0) is 68.7 Å². The van der Waals surface area contributed by atoms with E-state index in [-0.39, 0.29) is 11.8 Å². The topological polar surface area (TPSA) is 52.6 Å². The van der Waals surface area contributed by atoms with Crippen molar-refractivity contribution in [2.24, 2.45) is 5.92 Å². The highest BCUT2D eigenvalue weighted by atomic mass is 32.1. The molecule has 0 spiro atoms. The zero-order chi connectivity index (χ0) is 22.7. The van der Waals surface area contributed by atoms with Crippen LogP contribution in [0.4, 0.5) is 0 Å². The number of piperidine rings is 1. The molecule has 3 atom stereocenters. The van der Waals surface area contributed by atoms with E-state index in [0.717, 1.165) is 31.9 Å². The van der Waals surface area contributed by atoms with Crippen LogP contribution in [0.2, 0.25) is 0 Å². The van der Waals surface area contributed by atoms with Gasteiger partial charge in [-0.1, -0.05) is 28.8 Å². The molecule has 0 N–H and O–H groups in total. The highest BCUT2D eigenvalue weighted by Gasteiger charge is 2.38. The summed E-state index contributed by atoms with van der Waals surface area (Å²) < 4.78 is 4.11. The largest absolute Gasteiger partial charge is 0.344 e. The van der Waals surface area contributed by atoms with Gasteiger partial charge in [-0.25, -0.2) is 0 Å². The standard InChI is InChI=1S/C25H37N5OS/c1-18(2)30-11-7-9-20(13-30)12-28(4)25(31)16-29-14-22(21-10-6-5-8-19(21)3)23(15-29)24-17-32-27-26-24/h5-6,8,10,17-18,20,22-23H,7,9,11-16H2,1-4H3/t20?,22-,23+/m0/s1. The molecule has 32 heavy (non-hydrogen) atoms. The Labute approximate surface area is 196 Å². The van der Waals surface area contributed by atoms with Crippen LogP contribution in [0.15, 0.2) is 29.6 Å². The van der Waals surface area contributed by atoms with Gasteiger partial charge in [0.1, 0.15) is 0 Å². The van der Waals surface area contributed by atoms with E-state index in [1.165, 1.54) is 42.0 Å². The maximum atomic E-state index is 13.1. The average Bonchev–Trinajstić information content (AvgIpc) is 3.44. The van der Waals surface area contributed by atoms with Gasteiger partial charge in [0, 0.05) is 56.5 Å². The van der Waals surface area contributed by atoms with Crippen molar-refractivity contribution in [3.63, 3.8) is 0 Å². The van der Waals surface area contributed by atoms with Crippen LogP contribution in [0.3, 0.4) is 0 Å². The van der Waals surface area contributed by atoms with Gasteiger partial charge in [0.05, 0.1) is 12.2 Å². The van der Waals surface area contributed by atoms with Crippen molar-refractivity contribution >= 4 is 17.4 Å². The highest BCUT2D eigenvalue weighted by molar-refractivity contribution is 7.03. The molecule has 6 nitrogen and oxygen atoms in total. The number of likely N-dealkylation sites (tertiary alicyclic amines) is 2. The van der Waals surface area contributed by atoms with Gasteiger partial charge in [0.25, 0.3) is 0 Å². The van der Waals surface area contributed by atoms with E-state index in [4.69, 9.17) is 0 Å². The van der Waals surface area contributed by atoms with Crippen LogP contribution in [0.1, 0.15) is 55.3 Å². The minimum atomic E-state index is 0.229. The van der Waals surface area contributed by atoms with Gasteiger partial charge in [-0.3, -0.25) is 9.69 Å². The van der Waals surface area contributed by atoms with E-state index in [1.54, 1.807) is 0 Å². The van der Waals surface area contributed by atoms with E-state index in [1.807, 2.05) is 11.9 Å². The van der Waals surface area contributed by atoms with Gasteiger partial charge < -0.3 is 9.80 Å². The van der Waals surface area contributed by atoms with Crippen LogP contribution < -0.4 is 0 Å². The second-order valence-electron chi connectivity index (χ2n) is 9.96. The van der Waals surface area contributed by atoms with Gasteiger partial charge in [-0.15, -0.1) is 5.10 Å². The van der Waals surface area contributed by atoms with Crippen LogP contribution in [0, 0.1) is 12.8 Å². The lowest BCUT2D eigenvalue weighted by molar-refractivity contribution is -0.131. The average molecular weight is 456 g/mol. The summed E-state index contributed by atoms with van der Waals surface area (Å²) in [6.45, 7) is 12.1. The third-order valence-electron chi connectivity index (χ3n) is 7.34. The Balaban J connectivity index is 1.39. The monoisotopic (exact) mass is 455 g/mol. The van der Waals surface area contributed by atoms with E-state index < -0.39 is 0 Å². The van der Waals surface area contributed by atoms with E-state index in [0.29, 0.717) is 24.4 Å². The summed E-state index contributed by atoms with van der Waals surface area (Å²) in [5.41, 5.74) is 3.73. The van der Waals surface area contributed by atoms with Crippen molar-refractivity contribution in [1.29, 1.82) is 0 Å². The summed E-state index contributed by atoms with van der Waals surface area (Å²) in [7, 11) is 1.98. The Morgan fingerprint density at radius 2 is 2.00 bits per heavy atom. The van der Waals surface area contributed by atoms with Gasteiger partial charge in [0.2, 0.25) is 5.91 Å². The number of hydrogen-bond acceptors (Lipinski definition) is 6. The third-order valence-corrected chi connectivity index (χ3v) is 7.86. The van der Waals surface area contributed by atoms with Crippen molar-refractivity contribution in [2.75, 3.05) is 46.3 Å². The Hall–Kier alpha value is -1.83. The first-order valence-electron chi connectivity index (χ1n) is 11.9. The molecule has 4 rings (SSSR count). The number of aryl methyl sites for hydroxylation is 1. The number of likely N-dealkylation sites (N-methyl/N-ethyl adjacent to an activating group) is 1. The van der Waals surface area contributed by atoms with Crippen LogP contribution in [-0.4, -0.2) is 82.6 Å². The minimum Gasteiger partial charge on any atom is -0.344 e. The second-order valence-corrected chi connectivity index (χ2v) is 10.6. The molecule has 2 aromatic rings. The van der Waals surface area contributed by atoms with Crippen LogP contribution in [-0.2, 0) is 4.79 Å². The number of amides is 1. The number of benzene rings is 1. The molecule has 1 aromatic heterocycles. The minimum absolute atomic E-state index is 0.229. The van der Waals surface area contributed by atoms with E-state index in [2.05, 4.69) is 69.8 Å². The lowest BCUT2D eigenvalue weighted by atomic mass is 9.85. The fourth-order valence-electron chi connectivity index (χ4n) is 5.48. The molecule has 2 fully saturated rings. The molecule has 1 aromatic carbocycles. The maximum absolute atomic E-state index is 13.1. The van der Waals surface area contributed by atoms with Crippen molar-refractivity contribution in [3.8, 4) is 0 Å². The van der Waals surface area contributed by atoms with Crippen LogP contribution >= 0.6 is 11.5 Å².